The van der Waals surface area contributed by atoms with E-state index in [0.717, 1.165) is 5.56 Å². The molecule has 0 aliphatic heterocycles. The van der Waals surface area contributed by atoms with Crippen LogP contribution >= 0.6 is 23.2 Å². The van der Waals surface area contributed by atoms with Crippen LogP contribution in [-0.2, 0) is 0 Å². The topological polar surface area (TPSA) is 25.8 Å². The van der Waals surface area contributed by atoms with Gasteiger partial charge in [-0.2, -0.15) is 0 Å². The molecule has 0 fully saturated rings. The third kappa shape index (κ3) is 1.86. The summed E-state index contributed by atoms with van der Waals surface area (Å²) in [7, 11) is 0. The quantitative estimate of drug-likeness (QED) is 0.742. The summed E-state index contributed by atoms with van der Waals surface area (Å²) in [5.74, 6) is 0. The van der Waals surface area contributed by atoms with Crippen molar-refractivity contribution in [1.29, 1.82) is 0 Å². The smallest absolute Gasteiger partial charge is 0.147 e. The van der Waals surface area contributed by atoms with E-state index in [2.05, 4.69) is 10.2 Å². The predicted octanol–water partition coefficient (Wildman–Crippen LogP) is 3.45. The van der Waals surface area contributed by atoms with Crippen molar-refractivity contribution in [3.8, 4) is 11.3 Å². The van der Waals surface area contributed by atoms with Crippen molar-refractivity contribution < 1.29 is 0 Å². The minimum absolute atomic E-state index is 0.301. The van der Waals surface area contributed by atoms with E-state index < -0.39 is 0 Å². The number of aromatic nitrogens is 2. The molecule has 0 aliphatic rings. The third-order valence-electron chi connectivity index (χ3n) is 1.76. The van der Waals surface area contributed by atoms with Gasteiger partial charge in [0.05, 0.1) is 5.02 Å². The molecule has 1 aromatic carbocycles. The molecule has 0 bridgehead atoms. The summed E-state index contributed by atoms with van der Waals surface area (Å²) in [6, 6.07) is 11.2. The molecule has 0 saturated heterocycles. The fourth-order valence-corrected chi connectivity index (χ4v) is 1.59. The summed E-state index contributed by atoms with van der Waals surface area (Å²) >= 11 is 11.6. The average molecular weight is 225 g/mol. The van der Waals surface area contributed by atoms with Gasteiger partial charge in [0.2, 0.25) is 0 Å². The van der Waals surface area contributed by atoms with Crippen LogP contribution in [0.5, 0.6) is 0 Å². The second-order valence-electron chi connectivity index (χ2n) is 2.73. The zero-order valence-corrected chi connectivity index (χ0v) is 8.63. The lowest BCUT2D eigenvalue weighted by molar-refractivity contribution is 1.04. The molecule has 1 heterocycles. The van der Waals surface area contributed by atoms with E-state index in [1.807, 2.05) is 30.3 Å². The van der Waals surface area contributed by atoms with Crippen LogP contribution in [0, 0.1) is 0 Å². The molecular formula is C10H6Cl2N2. The maximum Gasteiger partial charge on any atom is 0.153 e. The predicted molar refractivity (Wildman–Crippen MR) is 57.5 cm³/mol. The minimum atomic E-state index is 0.301. The Morgan fingerprint density at radius 3 is 2.29 bits per heavy atom. The normalized spacial score (nSPS) is 10.1. The lowest BCUT2D eigenvalue weighted by atomic mass is 10.1. The lowest BCUT2D eigenvalue weighted by Gasteiger charge is -2.01. The van der Waals surface area contributed by atoms with Gasteiger partial charge in [-0.05, 0) is 6.07 Å². The van der Waals surface area contributed by atoms with Crippen LogP contribution in [0.4, 0.5) is 0 Å². The van der Waals surface area contributed by atoms with Crippen LogP contribution in [-0.4, -0.2) is 10.2 Å². The Balaban J connectivity index is 2.53. The Morgan fingerprint density at radius 2 is 1.64 bits per heavy atom. The van der Waals surface area contributed by atoms with Crippen LogP contribution in [0.25, 0.3) is 11.3 Å². The molecule has 70 valence electrons. The highest BCUT2D eigenvalue weighted by atomic mass is 35.5. The zero-order valence-electron chi connectivity index (χ0n) is 7.11. The van der Waals surface area contributed by atoms with Crippen molar-refractivity contribution in [3.63, 3.8) is 0 Å². The fourth-order valence-electron chi connectivity index (χ4n) is 1.14. The average Bonchev–Trinajstić information content (AvgIpc) is 2.19. The summed E-state index contributed by atoms with van der Waals surface area (Å²) in [4.78, 5) is 0. The Morgan fingerprint density at radius 1 is 0.929 bits per heavy atom. The van der Waals surface area contributed by atoms with Crippen molar-refractivity contribution in [2.75, 3.05) is 0 Å². The van der Waals surface area contributed by atoms with E-state index in [0.29, 0.717) is 15.9 Å². The largest absolute Gasteiger partial charge is 0.153 e. The second kappa shape index (κ2) is 3.95. The van der Waals surface area contributed by atoms with E-state index >= 15 is 0 Å². The van der Waals surface area contributed by atoms with Crippen LogP contribution in [0.2, 0.25) is 10.2 Å². The summed E-state index contributed by atoms with van der Waals surface area (Å²) in [6.45, 7) is 0. The van der Waals surface area contributed by atoms with Crippen molar-refractivity contribution >= 4 is 23.2 Å². The van der Waals surface area contributed by atoms with Crippen molar-refractivity contribution in [2.24, 2.45) is 0 Å². The molecule has 0 spiro atoms. The standard InChI is InChI=1S/C10H6Cl2N2/c11-8-6-9(12)13-14-10(8)7-4-2-1-3-5-7/h1-6H. The molecular weight excluding hydrogens is 219 g/mol. The van der Waals surface area contributed by atoms with Crippen molar-refractivity contribution in [1.82, 2.24) is 10.2 Å². The molecule has 0 saturated carbocycles. The van der Waals surface area contributed by atoms with E-state index in [1.165, 1.54) is 0 Å². The van der Waals surface area contributed by atoms with Gasteiger partial charge in [0.1, 0.15) is 5.69 Å². The van der Waals surface area contributed by atoms with Crippen LogP contribution in [0.1, 0.15) is 0 Å². The Bertz CT molecular complexity index is 443. The highest BCUT2D eigenvalue weighted by Gasteiger charge is 2.05. The van der Waals surface area contributed by atoms with Gasteiger partial charge in [-0.1, -0.05) is 53.5 Å². The molecule has 14 heavy (non-hydrogen) atoms. The molecule has 0 unspecified atom stereocenters. The number of halogens is 2. The first-order valence-corrected chi connectivity index (χ1v) is 4.77. The highest BCUT2D eigenvalue weighted by molar-refractivity contribution is 6.35. The van der Waals surface area contributed by atoms with Crippen LogP contribution < -0.4 is 0 Å². The van der Waals surface area contributed by atoms with Gasteiger partial charge >= 0.3 is 0 Å². The molecule has 0 aliphatic carbocycles. The summed E-state index contributed by atoms with van der Waals surface area (Å²) in [5.41, 5.74) is 1.58. The summed E-state index contributed by atoms with van der Waals surface area (Å²) < 4.78 is 0. The van der Waals surface area contributed by atoms with Crippen molar-refractivity contribution in [2.45, 2.75) is 0 Å². The fraction of sp³-hybridized carbons (Fsp3) is 0. The third-order valence-corrected chi connectivity index (χ3v) is 2.24. The monoisotopic (exact) mass is 224 g/mol. The summed E-state index contributed by atoms with van der Waals surface area (Å²) in [5, 5.41) is 8.49. The Hall–Kier alpha value is -1.12. The molecule has 0 atom stereocenters. The number of nitrogens with zero attached hydrogens (tertiary/aromatic N) is 2. The molecule has 2 aromatic rings. The Labute approximate surface area is 91.5 Å². The van der Waals surface area contributed by atoms with Crippen molar-refractivity contribution in [3.05, 3.63) is 46.6 Å². The molecule has 2 rings (SSSR count). The number of rotatable bonds is 1. The Kier molecular flexibility index (Phi) is 2.66. The molecule has 0 N–H and O–H groups in total. The number of hydrogen-bond acceptors (Lipinski definition) is 2. The van der Waals surface area contributed by atoms with Gasteiger partial charge < -0.3 is 0 Å². The maximum absolute atomic E-state index is 5.98. The van der Waals surface area contributed by atoms with Crippen LogP contribution in [0.3, 0.4) is 0 Å². The second-order valence-corrected chi connectivity index (χ2v) is 3.52. The van der Waals surface area contributed by atoms with Gasteiger partial charge in [-0.25, -0.2) is 0 Å². The van der Waals surface area contributed by atoms with E-state index in [-0.39, 0.29) is 0 Å². The van der Waals surface area contributed by atoms with Gasteiger partial charge in [0.25, 0.3) is 0 Å². The SMILES string of the molecule is Clc1cc(Cl)c(-c2ccccc2)nn1. The first kappa shape index (κ1) is 9.44. The first-order chi connectivity index (χ1) is 6.77. The first-order valence-electron chi connectivity index (χ1n) is 4.01. The molecule has 4 heteroatoms. The van der Waals surface area contributed by atoms with Gasteiger partial charge in [0, 0.05) is 5.56 Å². The van der Waals surface area contributed by atoms with Gasteiger partial charge in [-0.3, -0.25) is 0 Å². The van der Waals surface area contributed by atoms with Crippen LogP contribution in [0.15, 0.2) is 36.4 Å². The van der Waals surface area contributed by atoms with E-state index in [1.54, 1.807) is 6.07 Å². The van der Waals surface area contributed by atoms with Gasteiger partial charge in [0.15, 0.2) is 5.15 Å². The lowest BCUT2D eigenvalue weighted by Crippen LogP contribution is -1.88. The minimum Gasteiger partial charge on any atom is -0.147 e. The van der Waals surface area contributed by atoms with Gasteiger partial charge in [-0.15, -0.1) is 10.2 Å². The highest BCUT2D eigenvalue weighted by Crippen LogP contribution is 2.25. The molecule has 0 amide bonds. The summed E-state index contributed by atoms with van der Waals surface area (Å²) in [6.07, 6.45) is 0. The molecule has 2 nitrogen and oxygen atoms in total. The number of benzene rings is 1. The zero-order chi connectivity index (χ0) is 9.97. The molecule has 1 aromatic heterocycles. The molecule has 0 radical (unpaired) electrons. The van der Waals surface area contributed by atoms with E-state index in [4.69, 9.17) is 23.2 Å². The van der Waals surface area contributed by atoms with E-state index in [9.17, 15) is 0 Å². The maximum atomic E-state index is 5.98. The number of hydrogen-bond donors (Lipinski definition) is 0.